The average Bonchev–Trinajstić information content (AvgIpc) is 3.18. The zero-order valence-corrected chi connectivity index (χ0v) is 14.9. The first-order chi connectivity index (χ1) is 11.9. The van der Waals surface area contributed by atoms with E-state index in [0.29, 0.717) is 23.3 Å². The van der Waals surface area contributed by atoms with Crippen LogP contribution in [0.15, 0.2) is 24.7 Å². The summed E-state index contributed by atoms with van der Waals surface area (Å²) in [4.78, 5) is 31.6. The van der Waals surface area contributed by atoms with Crippen molar-refractivity contribution in [3.05, 3.63) is 41.9 Å². The van der Waals surface area contributed by atoms with Gasteiger partial charge < -0.3 is 14.5 Å². The van der Waals surface area contributed by atoms with Gasteiger partial charge in [-0.25, -0.2) is 15.0 Å². The molecule has 0 bridgehead atoms. The molecule has 4 heterocycles. The van der Waals surface area contributed by atoms with Gasteiger partial charge in [-0.05, 0) is 6.07 Å². The third-order valence-electron chi connectivity index (χ3n) is 5.00. The molecule has 1 N–H and O–H groups in total. The van der Waals surface area contributed by atoms with Gasteiger partial charge in [0.25, 0.3) is 5.91 Å². The molecule has 1 aliphatic heterocycles. The molecular formula is C18H22N6O. The molecule has 0 aliphatic carbocycles. The molecule has 1 saturated heterocycles. The minimum atomic E-state index is -0.0446. The Hall–Kier alpha value is -2.70. The number of hydrogen-bond acceptors (Lipinski definition) is 4. The minimum absolute atomic E-state index is 0.00831. The van der Waals surface area contributed by atoms with Crippen LogP contribution >= 0.6 is 0 Å². The number of aromatic nitrogens is 5. The molecule has 130 valence electrons. The number of hydrogen-bond donors (Lipinski definition) is 1. The zero-order chi connectivity index (χ0) is 17.8. The van der Waals surface area contributed by atoms with E-state index < -0.39 is 0 Å². The van der Waals surface area contributed by atoms with E-state index in [1.807, 2.05) is 29.6 Å². The van der Waals surface area contributed by atoms with E-state index in [-0.39, 0.29) is 17.4 Å². The number of fused-ring (bicyclic) bond motifs is 1. The maximum absolute atomic E-state index is 13.3. The lowest BCUT2D eigenvalue weighted by atomic mass is 9.74. The van der Waals surface area contributed by atoms with Gasteiger partial charge in [0.1, 0.15) is 11.6 Å². The molecule has 0 aromatic carbocycles. The van der Waals surface area contributed by atoms with Crippen molar-refractivity contribution < 1.29 is 4.79 Å². The number of carbonyl (C=O) groups is 1. The molecule has 7 nitrogen and oxygen atoms in total. The van der Waals surface area contributed by atoms with Crippen LogP contribution in [0.5, 0.6) is 0 Å². The summed E-state index contributed by atoms with van der Waals surface area (Å²) >= 11 is 0. The highest BCUT2D eigenvalue weighted by Gasteiger charge is 2.51. The summed E-state index contributed by atoms with van der Waals surface area (Å²) in [5, 5.41) is 0. The number of amides is 1. The van der Waals surface area contributed by atoms with Gasteiger partial charge in [-0.3, -0.25) is 4.79 Å². The zero-order valence-electron chi connectivity index (χ0n) is 14.9. The minimum Gasteiger partial charge on any atom is -0.340 e. The maximum atomic E-state index is 13.3. The Morgan fingerprint density at radius 3 is 2.80 bits per heavy atom. The topological polar surface area (TPSA) is 79.7 Å². The molecule has 3 aromatic rings. The third kappa shape index (κ3) is 2.33. The number of nitrogens with zero attached hydrogens (tertiary/aromatic N) is 5. The Morgan fingerprint density at radius 1 is 1.36 bits per heavy atom. The van der Waals surface area contributed by atoms with Crippen LogP contribution in [0.3, 0.4) is 0 Å². The number of imidazole rings is 2. The first kappa shape index (κ1) is 15.8. The quantitative estimate of drug-likeness (QED) is 0.795. The summed E-state index contributed by atoms with van der Waals surface area (Å²) in [7, 11) is 1.96. The fraction of sp³-hybridized carbons (Fsp3) is 0.444. The normalized spacial score (nSPS) is 19.2. The fourth-order valence-corrected chi connectivity index (χ4v) is 3.70. The number of pyridine rings is 1. The summed E-state index contributed by atoms with van der Waals surface area (Å²) in [5.74, 6) is 1.74. The number of aromatic amines is 1. The largest absolute Gasteiger partial charge is 0.340 e. The predicted molar refractivity (Wildman–Crippen MR) is 94.0 cm³/mol. The summed E-state index contributed by atoms with van der Waals surface area (Å²) < 4.78 is 1.99. The van der Waals surface area contributed by atoms with E-state index in [2.05, 4.69) is 33.8 Å². The smallest absolute Gasteiger partial charge is 0.256 e. The molecule has 1 aliphatic rings. The predicted octanol–water partition coefficient (Wildman–Crippen LogP) is 2.48. The van der Waals surface area contributed by atoms with Crippen LogP contribution in [-0.2, 0) is 13.5 Å². The van der Waals surface area contributed by atoms with E-state index in [4.69, 9.17) is 0 Å². The summed E-state index contributed by atoms with van der Waals surface area (Å²) in [5.41, 5.74) is 1.92. The van der Waals surface area contributed by atoms with Crippen LogP contribution in [0.4, 0.5) is 0 Å². The van der Waals surface area contributed by atoms with E-state index in [1.165, 1.54) is 0 Å². The Balaban J connectivity index is 1.74. The molecule has 4 rings (SSSR count). The fourth-order valence-electron chi connectivity index (χ4n) is 3.70. The van der Waals surface area contributed by atoms with Crippen LogP contribution in [0.2, 0.25) is 0 Å². The number of carbonyl (C=O) groups excluding carboxylic acids is 1. The molecule has 7 heteroatoms. The van der Waals surface area contributed by atoms with Crippen molar-refractivity contribution in [3.63, 3.8) is 0 Å². The molecule has 1 unspecified atom stereocenters. The number of rotatable bonds is 3. The second kappa shape index (κ2) is 5.40. The number of nitrogens with one attached hydrogen (secondary N) is 1. The van der Waals surface area contributed by atoms with Crippen molar-refractivity contribution in [1.82, 2.24) is 29.4 Å². The highest BCUT2D eigenvalue weighted by molar-refractivity contribution is 6.04. The van der Waals surface area contributed by atoms with E-state index in [9.17, 15) is 4.79 Å². The molecule has 1 amide bonds. The standard InChI is InChI=1S/C18H22N6O/c1-5-12-21-13-11(6-7-19-15(13)22-12)17(25)24-10-18(2,3)14(24)16-20-8-9-23(16)4/h6-9,14H,5,10H2,1-4H3,(H,19,21,22). The van der Waals surface area contributed by atoms with Crippen LogP contribution < -0.4 is 0 Å². The van der Waals surface area contributed by atoms with Crippen molar-refractivity contribution >= 4 is 17.1 Å². The molecule has 25 heavy (non-hydrogen) atoms. The molecule has 0 saturated carbocycles. The van der Waals surface area contributed by atoms with Crippen molar-refractivity contribution in [2.24, 2.45) is 12.5 Å². The summed E-state index contributed by atoms with van der Waals surface area (Å²) in [6.07, 6.45) is 6.12. The van der Waals surface area contributed by atoms with Gasteiger partial charge in [-0.1, -0.05) is 20.8 Å². The molecule has 1 fully saturated rings. The SMILES string of the molecule is CCc1nc2nccc(C(=O)N3CC(C)(C)C3c3nccn3C)c2[nH]1. The van der Waals surface area contributed by atoms with Crippen molar-refractivity contribution in [2.45, 2.75) is 33.2 Å². The van der Waals surface area contributed by atoms with Gasteiger partial charge in [0.15, 0.2) is 5.65 Å². The summed E-state index contributed by atoms with van der Waals surface area (Å²) in [6, 6.07) is 1.72. The Morgan fingerprint density at radius 2 is 2.16 bits per heavy atom. The second-order valence-electron chi connectivity index (χ2n) is 7.31. The molecule has 3 aromatic heterocycles. The van der Waals surface area contributed by atoms with Gasteiger partial charge in [-0.15, -0.1) is 0 Å². The molecular weight excluding hydrogens is 316 g/mol. The summed E-state index contributed by atoms with van der Waals surface area (Å²) in [6.45, 7) is 7.06. The van der Waals surface area contributed by atoms with E-state index >= 15 is 0 Å². The molecule has 0 spiro atoms. The van der Waals surface area contributed by atoms with Gasteiger partial charge in [0, 0.05) is 44.0 Å². The number of likely N-dealkylation sites (tertiary alicyclic amines) is 1. The highest BCUT2D eigenvalue weighted by atomic mass is 16.2. The lowest BCUT2D eigenvalue weighted by Gasteiger charge is -2.53. The van der Waals surface area contributed by atoms with Crippen LogP contribution in [0.25, 0.3) is 11.2 Å². The van der Waals surface area contributed by atoms with Crippen molar-refractivity contribution in [3.8, 4) is 0 Å². The lowest BCUT2D eigenvalue weighted by molar-refractivity contribution is -0.0374. The Bertz CT molecular complexity index is 954. The van der Waals surface area contributed by atoms with Crippen molar-refractivity contribution in [1.29, 1.82) is 0 Å². The van der Waals surface area contributed by atoms with Gasteiger partial charge in [0.2, 0.25) is 0 Å². The lowest BCUT2D eigenvalue weighted by Crippen LogP contribution is -2.58. The van der Waals surface area contributed by atoms with Crippen LogP contribution in [0.1, 0.15) is 48.8 Å². The first-order valence-electron chi connectivity index (χ1n) is 8.54. The highest BCUT2D eigenvalue weighted by Crippen LogP contribution is 2.48. The van der Waals surface area contributed by atoms with Crippen LogP contribution in [0, 0.1) is 5.41 Å². The van der Waals surface area contributed by atoms with E-state index in [0.717, 1.165) is 18.1 Å². The van der Waals surface area contributed by atoms with Gasteiger partial charge in [-0.2, -0.15) is 0 Å². The Labute approximate surface area is 146 Å². The number of aryl methyl sites for hydroxylation is 2. The van der Waals surface area contributed by atoms with Gasteiger partial charge >= 0.3 is 0 Å². The van der Waals surface area contributed by atoms with Crippen LogP contribution in [-0.4, -0.2) is 41.9 Å². The second-order valence-corrected chi connectivity index (χ2v) is 7.31. The van der Waals surface area contributed by atoms with Crippen molar-refractivity contribution in [2.75, 3.05) is 6.54 Å². The van der Waals surface area contributed by atoms with Gasteiger partial charge in [0.05, 0.1) is 17.1 Å². The third-order valence-corrected chi connectivity index (χ3v) is 5.00. The monoisotopic (exact) mass is 338 g/mol. The Kier molecular flexibility index (Phi) is 3.42. The number of H-pyrrole nitrogens is 1. The average molecular weight is 338 g/mol. The first-order valence-corrected chi connectivity index (χ1v) is 8.54. The maximum Gasteiger partial charge on any atom is 0.256 e. The molecule has 1 atom stereocenters. The van der Waals surface area contributed by atoms with E-state index in [1.54, 1.807) is 18.5 Å². The molecule has 0 radical (unpaired) electrons.